The molecule has 1 aromatic rings. The maximum atomic E-state index is 5.34. The van der Waals surface area contributed by atoms with Crippen molar-refractivity contribution in [3.8, 4) is 0 Å². The van der Waals surface area contributed by atoms with Crippen molar-refractivity contribution in [1.29, 1.82) is 0 Å². The number of ether oxygens (including phenoxy) is 1. The van der Waals surface area contributed by atoms with Crippen LogP contribution in [0.15, 0.2) is 30.3 Å². The summed E-state index contributed by atoms with van der Waals surface area (Å²) < 4.78 is 5.34. The zero-order valence-electron chi connectivity index (χ0n) is 7.49. The minimum Gasteiger partial charge on any atom is -0.377 e. The molecule has 0 bridgehead atoms. The number of benzene rings is 1. The van der Waals surface area contributed by atoms with Crippen molar-refractivity contribution in [3.63, 3.8) is 0 Å². The topological polar surface area (TPSA) is 9.23 Å². The van der Waals surface area contributed by atoms with Crippen molar-refractivity contribution in [2.45, 2.75) is 18.9 Å². The Bertz CT molecular complexity index is 206. The van der Waals surface area contributed by atoms with E-state index in [-0.39, 0.29) is 6.10 Å². The fourth-order valence-electron chi connectivity index (χ4n) is 1.27. The third-order valence-electron chi connectivity index (χ3n) is 1.92. The predicted molar refractivity (Wildman–Crippen MR) is 50.8 cm³/mol. The first-order valence-electron chi connectivity index (χ1n) is 4.25. The second-order valence-electron chi connectivity index (χ2n) is 2.78. The molecule has 1 radical (unpaired) electrons. The van der Waals surface area contributed by atoms with E-state index < -0.39 is 0 Å². The summed E-state index contributed by atoms with van der Waals surface area (Å²) in [6.07, 6.45) is 2.11. The van der Waals surface area contributed by atoms with Gasteiger partial charge in [0.2, 0.25) is 0 Å². The van der Waals surface area contributed by atoms with Crippen LogP contribution in [0.25, 0.3) is 0 Å². The molecule has 0 saturated carbocycles. The summed E-state index contributed by atoms with van der Waals surface area (Å²) in [5, 5.41) is 0. The van der Waals surface area contributed by atoms with Crippen LogP contribution in [0.5, 0.6) is 0 Å². The molecule has 0 amide bonds. The second-order valence-corrected chi connectivity index (χ2v) is 2.78. The largest absolute Gasteiger partial charge is 0.377 e. The van der Waals surface area contributed by atoms with Gasteiger partial charge in [-0.2, -0.15) is 0 Å². The van der Waals surface area contributed by atoms with Crippen LogP contribution in [-0.4, -0.2) is 7.11 Å². The smallest absolute Gasteiger partial charge is 0.0821 e. The Hall–Kier alpha value is -0.820. The summed E-state index contributed by atoms with van der Waals surface area (Å²) in [6.45, 7) is 3.82. The van der Waals surface area contributed by atoms with Gasteiger partial charge in [0.1, 0.15) is 0 Å². The van der Waals surface area contributed by atoms with Gasteiger partial charge < -0.3 is 4.74 Å². The van der Waals surface area contributed by atoms with Crippen molar-refractivity contribution in [2.24, 2.45) is 0 Å². The Balaban J connectivity index is 2.66. The minimum absolute atomic E-state index is 0.212. The van der Waals surface area contributed by atoms with E-state index in [0.29, 0.717) is 0 Å². The molecular weight excluding hydrogens is 148 g/mol. The number of rotatable bonds is 4. The van der Waals surface area contributed by atoms with Gasteiger partial charge in [0.25, 0.3) is 0 Å². The van der Waals surface area contributed by atoms with Crippen molar-refractivity contribution < 1.29 is 4.74 Å². The van der Waals surface area contributed by atoms with Crippen molar-refractivity contribution in [2.75, 3.05) is 7.11 Å². The highest BCUT2D eigenvalue weighted by Crippen LogP contribution is 2.20. The molecule has 12 heavy (non-hydrogen) atoms. The summed E-state index contributed by atoms with van der Waals surface area (Å²) in [7, 11) is 1.74. The van der Waals surface area contributed by atoms with Crippen LogP contribution < -0.4 is 0 Å². The second kappa shape index (κ2) is 4.94. The summed E-state index contributed by atoms with van der Waals surface area (Å²) in [4.78, 5) is 0. The highest BCUT2D eigenvalue weighted by atomic mass is 16.5. The molecule has 0 aliphatic heterocycles. The van der Waals surface area contributed by atoms with Crippen LogP contribution in [0.1, 0.15) is 24.5 Å². The van der Waals surface area contributed by atoms with E-state index in [2.05, 4.69) is 19.1 Å². The molecule has 0 saturated heterocycles. The lowest BCUT2D eigenvalue weighted by Gasteiger charge is -2.13. The lowest BCUT2D eigenvalue weighted by atomic mass is 10.1. The van der Waals surface area contributed by atoms with Gasteiger partial charge in [0, 0.05) is 7.11 Å². The monoisotopic (exact) mass is 163 g/mol. The summed E-state index contributed by atoms with van der Waals surface area (Å²) in [6, 6.07) is 10.3. The first-order chi connectivity index (χ1) is 5.88. The number of hydrogen-bond donors (Lipinski definition) is 0. The van der Waals surface area contributed by atoms with Crippen LogP contribution in [0, 0.1) is 6.92 Å². The molecule has 1 rings (SSSR count). The summed E-state index contributed by atoms with van der Waals surface area (Å²) in [5.41, 5.74) is 1.24. The van der Waals surface area contributed by atoms with Crippen molar-refractivity contribution in [1.82, 2.24) is 0 Å². The van der Waals surface area contributed by atoms with E-state index in [1.807, 2.05) is 18.2 Å². The Morgan fingerprint density at radius 2 is 2.00 bits per heavy atom. The Labute approximate surface area is 74.4 Å². The summed E-state index contributed by atoms with van der Waals surface area (Å²) >= 11 is 0. The van der Waals surface area contributed by atoms with E-state index >= 15 is 0 Å². The van der Waals surface area contributed by atoms with Crippen molar-refractivity contribution in [3.05, 3.63) is 42.8 Å². The fourth-order valence-corrected chi connectivity index (χ4v) is 1.27. The first kappa shape index (κ1) is 9.27. The van der Waals surface area contributed by atoms with Gasteiger partial charge in [-0.25, -0.2) is 0 Å². The zero-order valence-corrected chi connectivity index (χ0v) is 7.49. The molecule has 0 heterocycles. The van der Waals surface area contributed by atoms with Gasteiger partial charge in [-0.05, 0) is 12.0 Å². The van der Waals surface area contributed by atoms with E-state index in [4.69, 9.17) is 4.74 Å². The zero-order chi connectivity index (χ0) is 8.81. The van der Waals surface area contributed by atoms with Gasteiger partial charge in [0.15, 0.2) is 0 Å². The van der Waals surface area contributed by atoms with Gasteiger partial charge in [0.05, 0.1) is 6.10 Å². The van der Waals surface area contributed by atoms with Crippen molar-refractivity contribution >= 4 is 0 Å². The fraction of sp³-hybridized carbons (Fsp3) is 0.364. The lowest BCUT2D eigenvalue weighted by Crippen LogP contribution is -2.00. The van der Waals surface area contributed by atoms with Gasteiger partial charge >= 0.3 is 0 Å². The van der Waals surface area contributed by atoms with E-state index in [0.717, 1.165) is 12.8 Å². The molecule has 0 N–H and O–H groups in total. The normalized spacial score (nSPS) is 12.8. The highest BCUT2D eigenvalue weighted by Gasteiger charge is 2.06. The van der Waals surface area contributed by atoms with Crippen LogP contribution >= 0.6 is 0 Å². The van der Waals surface area contributed by atoms with Gasteiger partial charge in [-0.1, -0.05) is 43.7 Å². The molecule has 1 unspecified atom stereocenters. The minimum atomic E-state index is 0.212. The maximum absolute atomic E-state index is 5.34. The standard InChI is InChI=1S/C11H15O/c1-3-7-11(12-2)10-8-5-4-6-9-10/h4-6,8-9,11H,1,3,7H2,2H3. The third-order valence-corrected chi connectivity index (χ3v) is 1.92. The molecule has 0 aromatic heterocycles. The average Bonchev–Trinajstić information content (AvgIpc) is 2.15. The number of hydrogen-bond acceptors (Lipinski definition) is 1. The molecule has 1 atom stereocenters. The van der Waals surface area contributed by atoms with Crippen LogP contribution in [0.2, 0.25) is 0 Å². The maximum Gasteiger partial charge on any atom is 0.0821 e. The van der Waals surface area contributed by atoms with Crippen LogP contribution in [-0.2, 0) is 4.74 Å². The molecule has 0 aliphatic carbocycles. The molecule has 0 aliphatic rings. The average molecular weight is 163 g/mol. The SMILES string of the molecule is [CH2]CCC(OC)c1ccccc1. The van der Waals surface area contributed by atoms with Gasteiger partial charge in [-0.15, -0.1) is 0 Å². The van der Waals surface area contributed by atoms with Crippen LogP contribution in [0.3, 0.4) is 0 Å². The molecule has 0 spiro atoms. The molecule has 1 nitrogen and oxygen atoms in total. The quantitative estimate of drug-likeness (QED) is 0.663. The molecule has 1 aromatic carbocycles. The van der Waals surface area contributed by atoms with E-state index in [9.17, 15) is 0 Å². The Kier molecular flexibility index (Phi) is 3.81. The molecule has 0 fully saturated rings. The van der Waals surface area contributed by atoms with E-state index in [1.54, 1.807) is 7.11 Å². The number of methoxy groups -OCH3 is 1. The Morgan fingerprint density at radius 1 is 1.33 bits per heavy atom. The molecule has 1 heteroatoms. The Morgan fingerprint density at radius 3 is 2.50 bits per heavy atom. The molecular formula is C11H15O. The van der Waals surface area contributed by atoms with E-state index in [1.165, 1.54) is 5.56 Å². The third kappa shape index (κ3) is 2.35. The molecule has 65 valence electrons. The summed E-state index contributed by atoms with van der Waals surface area (Å²) in [5.74, 6) is 0. The predicted octanol–water partition coefficient (Wildman–Crippen LogP) is 2.99. The first-order valence-corrected chi connectivity index (χ1v) is 4.25. The van der Waals surface area contributed by atoms with Gasteiger partial charge in [-0.3, -0.25) is 0 Å². The van der Waals surface area contributed by atoms with Crippen LogP contribution in [0.4, 0.5) is 0 Å². The highest BCUT2D eigenvalue weighted by molar-refractivity contribution is 5.17. The lowest BCUT2D eigenvalue weighted by molar-refractivity contribution is 0.0964.